The fourth-order valence-electron chi connectivity index (χ4n) is 2.65. The van der Waals surface area contributed by atoms with E-state index < -0.39 is 0 Å². The average Bonchev–Trinajstić information content (AvgIpc) is 2.49. The van der Waals surface area contributed by atoms with E-state index in [0.29, 0.717) is 6.04 Å². The van der Waals surface area contributed by atoms with Gasteiger partial charge in [0.2, 0.25) is 0 Å². The number of hydrogen-bond acceptors (Lipinski definition) is 4. The predicted molar refractivity (Wildman–Crippen MR) is 88.8 cm³/mol. The summed E-state index contributed by atoms with van der Waals surface area (Å²) in [7, 11) is 2.18. The van der Waals surface area contributed by atoms with E-state index >= 15 is 0 Å². The lowest BCUT2D eigenvalue weighted by atomic mass is 10.0. The van der Waals surface area contributed by atoms with Crippen LogP contribution in [0, 0.1) is 3.57 Å². The Kier molecular flexibility index (Phi) is 4.16. The summed E-state index contributed by atoms with van der Waals surface area (Å²) < 4.78 is 1.11. The van der Waals surface area contributed by atoms with Crippen LogP contribution in [-0.4, -0.2) is 41.5 Å². The van der Waals surface area contributed by atoms with Gasteiger partial charge >= 0.3 is 0 Å². The molecule has 1 unspecified atom stereocenters. The maximum Gasteiger partial charge on any atom is 0.146 e. The molecule has 5 heteroatoms. The third-order valence-electron chi connectivity index (χ3n) is 3.69. The molecule has 104 valence electrons. The standard InChI is InChI=1S/C15H17IN4/c1-19-7-8-20(15-13(16)9-17-11-18-15)14(10-19)12-5-3-2-4-6-12/h2-6,9,11,14H,7-8,10H2,1H3. The van der Waals surface area contributed by atoms with Crippen molar-refractivity contribution in [2.24, 2.45) is 0 Å². The molecule has 1 saturated heterocycles. The fourth-order valence-corrected chi connectivity index (χ4v) is 3.26. The van der Waals surface area contributed by atoms with Gasteiger partial charge in [0.15, 0.2) is 0 Å². The molecule has 4 nitrogen and oxygen atoms in total. The van der Waals surface area contributed by atoms with Crippen molar-refractivity contribution in [1.29, 1.82) is 0 Å². The van der Waals surface area contributed by atoms with E-state index in [4.69, 9.17) is 0 Å². The smallest absolute Gasteiger partial charge is 0.146 e. The first-order chi connectivity index (χ1) is 9.75. The zero-order valence-corrected chi connectivity index (χ0v) is 13.6. The second kappa shape index (κ2) is 6.05. The van der Waals surface area contributed by atoms with Crippen LogP contribution >= 0.6 is 22.6 Å². The van der Waals surface area contributed by atoms with Crippen molar-refractivity contribution >= 4 is 28.4 Å². The number of nitrogens with zero attached hydrogens (tertiary/aromatic N) is 4. The molecular formula is C15H17IN4. The van der Waals surface area contributed by atoms with Crippen LogP contribution < -0.4 is 4.90 Å². The molecular weight excluding hydrogens is 363 g/mol. The Labute approximate surface area is 133 Å². The third-order valence-corrected chi connectivity index (χ3v) is 4.45. The fraction of sp³-hybridized carbons (Fsp3) is 0.333. The maximum absolute atomic E-state index is 4.49. The number of hydrogen-bond donors (Lipinski definition) is 0. The first kappa shape index (κ1) is 13.8. The Morgan fingerprint density at radius 1 is 1.20 bits per heavy atom. The van der Waals surface area contributed by atoms with Crippen LogP contribution in [-0.2, 0) is 0 Å². The summed E-state index contributed by atoms with van der Waals surface area (Å²) in [6, 6.07) is 11.0. The van der Waals surface area contributed by atoms with Crippen molar-refractivity contribution in [3.8, 4) is 0 Å². The van der Waals surface area contributed by atoms with Crippen LogP contribution in [0.25, 0.3) is 0 Å². The summed E-state index contributed by atoms with van der Waals surface area (Å²) in [6.45, 7) is 3.07. The Morgan fingerprint density at radius 2 is 2.00 bits per heavy atom. The van der Waals surface area contributed by atoms with Gasteiger partial charge in [-0.3, -0.25) is 0 Å². The Bertz CT molecular complexity index is 575. The molecule has 20 heavy (non-hydrogen) atoms. The summed E-state index contributed by atoms with van der Waals surface area (Å²) >= 11 is 2.32. The minimum atomic E-state index is 0.346. The molecule has 1 aliphatic heterocycles. The highest BCUT2D eigenvalue weighted by Crippen LogP contribution is 2.31. The molecule has 0 amide bonds. The Balaban J connectivity index is 1.97. The minimum Gasteiger partial charge on any atom is -0.346 e. The van der Waals surface area contributed by atoms with Crippen LogP contribution in [0.15, 0.2) is 42.9 Å². The van der Waals surface area contributed by atoms with E-state index in [2.05, 4.69) is 79.7 Å². The molecule has 1 aromatic heterocycles. The van der Waals surface area contributed by atoms with E-state index in [0.717, 1.165) is 29.0 Å². The van der Waals surface area contributed by atoms with Gasteiger partial charge in [0, 0.05) is 25.8 Å². The van der Waals surface area contributed by atoms with Gasteiger partial charge in [0.25, 0.3) is 0 Å². The largest absolute Gasteiger partial charge is 0.346 e. The van der Waals surface area contributed by atoms with Crippen molar-refractivity contribution in [2.75, 3.05) is 31.6 Å². The molecule has 3 rings (SSSR count). The highest BCUT2D eigenvalue weighted by atomic mass is 127. The second-order valence-electron chi connectivity index (χ2n) is 5.08. The summed E-state index contributed by atoms with van der Waals surface area (Å²) in [5, 5.41) is 0. The van der Waals surface area contributed by atoms with Gasteiger partial charge < -0.3 is 9.80 Å². The van der Waals surface area contributed by atoms with Gasteiger partial charge in [-0.15, -0.1) is 0 Å². The van der Waals surface area contributed by atoms with Crippen LogP contribution in [0.2, 0.25) is 0 Å². The van der Waals surface area contributed by atoms with Crippen molar-refractivity contribution < 1.29 is 0 Å². The zero-order valence-electron chi connectivity index (χ0n) is 11.4. The normalized spacial score (nSPS) is 20.1. The molecule has 2 heterocycles. The predicted octanol–water partition coefficient (Wildman–Crippen LogP) is 2.57. The summed E-state index contributed by atoms with van der Waals surface area (Å²) in [5.74, 6) is 1.04. The molecule has 1 fully saturated rings. The van der Waals surface area contributed by atoms with Crippen LogP contribution in [0.4, 0.5) is 5.82 Å². The first-order valence-corrected chi connectivity index (χ1v) is 7.79. The number of halogens is 1. The third kappa shape index (κ3) is 2.78. The SMILES string of the molecule is CN1CCN(c2ncncc2I)C(c2ccccc2)C1. The lowest BCUT2D eigenvalue weighted by Crippen LogP contribution is -2.47. The van der Waals surface area contributed by atoms with E-state index in [9.17, 15) is 0 Å². The van der Waals surface area contributed by atoms with Gasteiger partial charge in [-0.1, -0.05) is 30.3 Å². The number of rotatable bonds is 2. The van der Waals surface area contributed by atoms with E-state index in [1.165, 1.54) is 5.56 Å². The molecule has 2 aromatic rings. The number of aromatic nitrogens is 2. The quantitative estimate of drug-likeness (QED) is 0.750. The molecule has 0 bridgehead atoms. The Morgan fingerprint density at radius 3 is 2.75 bits per heavy atom. The highest BCUT2D eigenvalue weighted by molar-refractivity contribution is 14.1. The molecule has 0 radical (unpaired) electrons. The highest BCUT2D eigenvalue weighted by Gasteiger charge is 2.28. The lowest BCUT2D eigenvalue weighted by Gasteiger charge is -2.41. The van der Waals surface area contributed by atoms with E-state index in [-0.39, 0.29) is 0 Å². The average molecular weight is 380 g/mol. The Hall–Kier alpha value is -1.21. The summed E-state index contributed by atoms with van der Waals surface area (Å²) in [4.78, 5) is 13.4. The topological polar surface area (TPSA) is 32.3 Å². The molecule has 0 aliphatic carbocycles. The van der Waals surface area contributed by atoms with Gasteiger partial charge in [0.1, 0.15) is 12.1 Å². The van der Waals surface area contributed by atoms with Crippen molar-refractivity contribution in [2.45, 2.75) is 6.04 Å². The van der Waals surface area contributed by atoms with Gasteiger partial charge in [-0.2, -0.15) is 0 Å². The van der Waals surface area contributed by atoms with Crippen LogP contribution in [0.1, 0.15) is 11.6 Å². The lowest BCUT2D eigenvalue weighted by molar-refractivity contribution is 0.268. The summed E-state index contributed by atoms with van der Waals surface area (Å²) in [6.07, 6.45) is 3.52. The monoisotopic (exact) mass is 380 g/mol. The number of piperazine rings is 1. The molecule has 0 saturated carbocycles. The van der Waals surface area contributed by atoms with Crippen LogP contribution in [0.5, 0.6) is 0 Å². The first-order valence-electron chi connectivity index (χ1n) is 6.71. The van der Waals surface area contributed by atoms with Gasteiger partial charge in [-0.05, 0) is 35.2 Å². The van der Waals surface area contributed by atoms with E-state index in [1.54, 1.807) is 6.33 Å². The maximum atomic E-state index is 4.49. The van der Waals surface area contributed by atoms with Crippen molar-refractivity contribution in [3.05, 3.63) is 52.0 Å². The van der Waals surface area contributed by atoms with Gasteiger partial charge in [0.05, 0.1) is 9.61 Å². The van der Waals surface area contributed by atoms with Crippen molar-refractivity contribution in [3.63, 3.8) is 0 Å². The van der Waals surface area contributed by atoms with Gasteiger partial charge in [-0.25, -0.2) is 9.97 Å². The molecule has 1 atom stereocenters. The van der Waals surface area contributed by atoms with E-state index in [1.807, 2.05) is 6.20 Å². The molecule has 0 spiro atoms. The number of anilines is 1. The van der Waals surface area contributed by atoms with Crippen LogP contribution in [0.3, 0.4) is 0 Å². The number of likely N-dealkylation sites (N-methyl/N-ethyl adjacent to an activating group) is 1. The summed E-state index contributed by atoms with van der Waals surface area (Å²) in [5.41, 5.74) is 1.34. The molecule has 1 aromatic carbocycles. The minimum absolute atomic E-state index is 0.346. The molecule has 1 aliphatic rings. The zero-order chi connectivity index (χ0) is 13.9. The molecule has 0 N–H and O–H groups in total. The van der Waals surface area contributed by atoms with Crippen molar-refractivity contribution in [1.82, 2.24) is 14.9 Å². The number of benzene rings is 1. The second-order valence-corrected chi connectivity index (χ2v) is 6.24.